The Labute approximate surface area is 158 Å². The number of carbonyl (C=O) groups excluding carboxylic acids is 1. The summed E-state index contributed by atoms with van der Waals surface area (Å²) in [4.78, 5) is 12.8. The van der Waals surface area contributed by atoms with E-state index in [1.165, 1.54) is 0 Å². The third-order valence-corrected chi connectivity index (χ3v) is 3.98. The van der Waals surface area contributed by atoms with E-state index >= 15 is 0 Å². The normalized spacial score (nSPS) is 12.0. The molecular formula is C19H22Cl2N2O2. The summed E-state index contributed by atoms with van der Waals surface area (Å²) in [7, 11) is 0. The summed E-state index contributed by atoms with van der Waals surface area (Å²) in [6, 6.07) is 14.1. The molecule has 2 rings (SSSR count). The molecule has 0 unspecified atom stereocenters. The SMILES string of the molecule is CCOCCCN[C@@H](C(=O)Nc1cc(Cl)cc(Cl)c1)c1ccccc1. The fourth-order valence-electron chi connectivity index (χ4n) is 2.41. The summed E-state index contributed by atoms with van der Waals surface area (Å²) >= 11 is 12.0. The summed E-state index contributed by atoms with van der Waals surface area (Å²) in [6.07, 6.45) is 0.827. The second kappa shape index (κ2) is 10.4. The van der Waals surface area contributed by atoms with Gasteiger partial charge in [0.25, 0.3) is 0 Å². The number of rotatable bonds is 9. The Morgan fingerprint density at radius 3 is 2.44 bits per heavy atom. The van der Waals surface area contributed by atoms with Crippen LogP contribution in [-0.4, -0.2) is 25.7 Å². The van der Waals surface area contributed by atoms with Gasteiger partial charge in [0.15, 0.2) is 0 Å². The summed E-state index contributed by atoms with van der Waals surface area (Å²) in [6.45, 7) is 3.99. The van der Waals surface area contributed by atoms with E-state index in [2.05, 4.69) is 10.6 Å². The monoisotopic (exact) mass is 380 g/mol. The first-order valence-corrected chi connectivity index (χ1v) is 8.98. The standard InChI is InChI=1S/C19H22Cl2N2O2/c1-2-25-10-6-9-22-18(14-7-4-3-5-8-14)19(24)23-17-12-15(20)11-16(21)13-17/h3-5,7-8,11-13,18,22H,2,6,9-10H2,1H3,(H,23,24)/t18-/m1/s1. The number of benzene rings is 2. The van der Waals surface area contributed by atoms with Crippen LogP contribution in [0, 0.1) is 0 Å². The first-order valence-electron chi connectivity index (χ1n) is 8.23. The third-order valence-electron chi connectivity index (χ3n) is 3.54. The Bertz CT molecular complexity index is 660. The molecular weight excluding hydrogens is 359 g/mol. The zero-order valence-corrected chi connectivity index (χ0v) is 15.6. The van der Waals surface area contributed by atoms with E-state index in [1.807, 2.05) is 37.3 Å². The third kappa shape index (κ3) is 6.67. The lowest BCUT2D eigenvalue weighted by Gasteiger charge is -2.19. The van der Waals surface area contributed by atoms with E-state index in [0.29, 0.717) is 35.5 Å². The summed E-state index contributed by atoms with van der Waals surface area (Å²) in [5.41, 5.74) is 1.46. The van der Waals surface area contributed by atoms with E-state index < -0.39 is 6.04 Å². The molecule has 0 fully saturated rings. The minimum absolute atomic E-state index is 0.166. The maximum Gasteiger partial charge on any atom is 0.246 e. The minimum Gasteiger partial charge on any atom is -0.382 e. The van der Waals surface area contributed by atoms with Crippen molar-refractivity contribution < 1.29 is 9.53 Å². The van der Waals surface area contributed by atoms with Crippen molar-refractivity contribution in [3.63, 3.8) is 0 Å². The van der Waals surface area contributed by atoms with Gasteiger partial charge >= 0.3 is 0 Å². The van der Waals surface area contributed by atoms with Crippen LogP contribution in [0.15, 0.2) is 48.5 Å². The van der Waals surface area contributed by atoms with Gasteiger partial charge in [0.2, 0.25) is 5.91 Å². The topological polar surface area (TPSA) is 50.4 Å². The van der Waals surface area contributed by atoms with Crippen molar-refractivity contribution >= 4 is 34.8 Å². The van der Waals surface area contributed by atoms with Gasteiger partial charge in [-0.2, -0.15) is 0 Å². The van der Waals surface area contributed by atoms with Gasteiger partial charge in [0.1, 0.15) is 6.04 Å². The number of hydrogen-bond acceptors (Lipinski definition) is 3. The molecule has 0 bridgehead atoms. The summed E-state index contributed by atoms with van der Waals surface area (Å²) in [5, 5.41) is 7.11. The van der Waals surface area contributed by atoms with E-state index in [9.17, 15) is 4.79 Å². The molecule has 1 amide bonds. The van der Waals surface area contributed by atoms with Gasteiger partial charge in [-0.15, -0.1) is 0 Å². The largest absolute Gasteiger partial charge is 0.382 e. The molecule has 0 aliphatic carbocycles. The number of amides is 1. The quantitative estimate of drug-likeness (QED) is 0.620. The van der Waals surface area contributed by atoms with Gasteiger partial charge in [0, 0.05) is 28.9 Å². The Morgan fingerprint density at radius 2 is 1.80 bits per heavy atom. The van der Waals surface area contributed by atoms with E-state index in [0.717, 1.165) is 12.0 Å². The van der Waals surface area contributed by atoms with Crippen LogP contribution in [0.2, 0.25) is 10.0 Å². The Morgan fingerprint density at radius 1 is 1.12 bits per heavy atom. The highest BCUT2D eigenvalue weighted by Gasteiger charge is 2.20. The second-order valence-electron chi connectivity index (χ2n) is 5.50. The number of carbonyl (C=O) groups is 1. The predicted molar refractivity (Wildman–Crippen MR) is 103 cm³/mol. The van der Waals surface area contributed by atoms with Crippen molar-refractivity contribution in [3.8, 4) is 0 Å². The van der Waals surface area contributed by atoms with E-state index in [1.54, 1.807) is 18.2 Å². The molecule has 0 aliphatic heterocycles. The van der Waals surface area contributed by atoms with Gasteiger partial charge in [-0.25, -0.2) is 0 Å². The van der Waals surface area contributed by atoms with Crippen molar-refractivity contribution in [2.24, 2.45) is 0 Å². The Balaban J connectivity index is 2.06. The second-order valence-corrected chi connectivity index (χ2v) is 6.37. The number of anilines is 1. The molecule has 0 aromatic heterocycles. The fourth-order valence-corrected chi connectivity index (χ4v) is 2.94. The lowest BCUT2D eigenvalue weighted by atomic mass is 10.1. The molecule has 4 nitrogen and oxygen atoms in total. The first kappa shape index (κ1) is 19.7. The molecule has 2 aromatic rings. The minimum atomic E-state index is -0.472. The van der Waals surface area contributed by atoms with Gasteiger partial charge in [0.05, 0.1) is 0 Å². The zero-order valence-electron chi connectivity index (χ0n) is 14.1. The Kier molecular flexibility index (Phi) is 8.22. The van der Waals surface area contributed by atoms with Crippen molar-refractivity contribution in [2.75, 3.05) is 25.1 Å². The molecule has 1 atom stereocenters. The van der Waals surface area contributed by atoms with Crippen LogP contribution in [0.1, 0.15) is 24.9 Å². The molecule has 0 saturated heterocycles. The van der Waals surface area contributed by atoms with E-state index in [-0.39, 0.29) is 5.91 Å². The zero-order chi connectivity index (χ0) is 18.1. The average Bonchev–Trinajstić information content (AvgIpc) is 2.58. The van der Waals surface area contributed by atoms with Gasteiger partial charge in [-0.05, 0) is 43.7 Å². The summed E-state index contributed by atoms with van der Waals surface area (Å²) in [5.74, 6) is -0.166. The van der Waals surface area contributed by atoms with Crippen LogP contribution < -0.4 is 10.6 Å². The van der Waals surface area contributed by atoms with Crippen molar-refractivity contribution in [1.82, 2.24) is 5.32 Å². The molecule has 134 valence electrons. The fraction of sp³-hybridized carbons (Fsp3) is 0.316. The average molecular weight is 381 g/mol. The first-order chi connectivity index (χ1) is 12.1. The lowest BCUT2D eigenvalue weighted by molar-refractivity contribution is -0.118. The molecule has 0 heterocycles. The molecule has 2 N–H and O–H groups in total. The van der Waals surface area contributed by atoms with Gasteiger partial charge in [-0.1, -0.05) is 53.5 Å². The van der Waals surface area contributed by atoms with Crippen LogP contribution in [0.4, 0.5) is 5.69 Å². The van der Waals surface area contributed by atoms with E-state index in [4.69, 9.17) is 27.9 Å². The highest BCUT2D eigenvalue weighted by atomic mass is 35.5. The predicted octanol–water partition coefficient (Wildman–Crippen LogP) is 4.69. The number of hydrogen-bond donors (Lipinski definition) is 2. The molecule has 0 saturated carbocycles. The van der Waals surface area contributed by atoms with Crippen molar-refractivity contribution in [1.29, 1.82) is 0 Å². The molecule has 0 radical (unpaired) electrons. The Hall–Kier alpha value is -1.59. The van der Waals surface area contributed by atoms with Crippen LogP contribution in [0.25, 0.3) is 0 Å². The van der Waals surface area contributed by atoms with Gasteiger partial charge < -0.3 is 15.4 Å². The molecule has 25 heavy (non-hydrogen) atoms. The molecule has 0 spiro atoms. The van der Waals surface area contributed by atoms with Crippen LogP contribution in [0.5, 0.6) is 0 Å². The number of nitrogens with one attached hydrogen (secondary N) is 2. The van der Waals surface area contributed by atoms with Crippen molar-refractivity contribution in [2.45, 2.75) is 19.4 Å². The highest BCUT2D eigenvalue weighted by Crippen LogP contribution is 2.24. The van der Waals surface area contributed by atoms with Crippen LogP contribution >= 0.6 is 23.2 Å². The molecule has 0 aliphatic rings. The van der Waals surface area contributed by atoms with Gasteiger partial charge in [-0.3, -0.25) is 4.79 Å². The lowest BCUT2D eigenvalue weighted by Crippen LogP contribution is -2.34. The van der Waals surface area contributed by atoms with Crippen LogP contribution in [0.3, 0.4) is 0 Å². The van der Waals surface area contributed by atoms with Crippen molar-refractivity contribution in [3.05, 3.63) is 64.1 Å². The molecule has 6 heteroatoms. The smallest absolute Gasteiger partial charge is 0.246 e. The number of halogens is 2. The summed E-state index contributed by atoms with van der Waals surface area (Å²) < 4.78 is 5.33. The molecule has 2 aromatic carbocycles. The number of ether oxygens (including phenoxy) is 1. The maximum atomic E-state index is 12.8. The maximum absolute atomic E-state index is 12.8. The highest BCUT2D eigenvalue weighted by molar-refractivity contribution is 6.35. The van der Waals surface area contributed by atoms with Crippen LogP contribution in [-0.2, 0) is 9.53 Å².